The van der Waals surface area contributed by atoms with Crippen LogP contribution < -0.4 is 4.90 Å². The zero-order valence-corrected chi connectivity index (χ0v) is 12.0. The first-order chi connectivity index (χ1) is 9.38. The Hall–Kier alpha value is -1.89. The maximum absolute atomic E-state index is 12.0. The van der Waals surface area contributed by atoms with Gasteiger partial charge in [0.1, 0.15) is 5.69 Å². The van der Waals surface area contributed by atoms with E-state index >= 15 is 0 Å². The van der Waals surface area contributed by atoms with Gasteiger partial charge in [0.25, 0.3) is 5.69 Å². The Balaban J connectivity index is 2.32. The fourth-order valence-electron chi connectivity index (χ4n) is 2.23. The molecule has 0 saturated carbocycles. The summed E-state index contributed by atoms with van der Waals surface area (Å²) in [7, 11) is 0. The van der Waals surface area contributed by atoms with Crippen molar-refractivity contribution < 1.29 is 14.5 Å². The number of nitro groups is 1. The van der Waals surface area contributed by atoms with Crippen molar-refractivity contribution in [3.05, 3.63) is 33.9 Å². The molecule has 1 amide bonds. The van der Waals surface area contributed by atoms with E-state index in [1.54, 1.807) is 12.1 Å². The van der Waals surface area contributed by atoms with E-state index in [1.807, 2.05) is 6.92 Å². The predicted octanol–water partition coefficient (Wildman–Crippen LogP) is 2.29. The number of anilines is 1. The number of aryl methyl sites for hydroxylation is 1. The van der Waals surface area contributed by atoms with Gasteiger partial charge in [0.2, 0.25) is 5.91 Å². The SMILES string of the molecule is CC(=O)SC1CC(=O)N(c2cc(C)ccc2[N+](=O)[O-])C1. The van der Waals surface area contributed by atoms with Crippen LogP contribution in [0.3, 0.4) is 0 Å². The van der Waals surface area contributed by atoms with Crippen molar-refractivity contribution in [2.45, 2.75) is 25.5 Å². The number of carbonyl (C=O) groups is 2. The summed E-state index contributed by atoms with van der Waals surface area (Å²) in [4.78, 5) is 35.1. The largest absolute Gasteiger partial charge is 0.305 e. The van der Waals surface area contributed by atoms with E-state index in [0.29, 0.717) is 12.2 Å². The molecule has 20 heavy (non-hydrogen) atoms. The third kappa shape index (κ3) is 2.98. The normalized spacial score (nSPS) is 18.4. The Kier molecular flexibility index (Phi) is 4.08. The van der Waals surface area contributed by atoms with Gasteiger partial charge in [-0.25, -0.2) is 0 Å². The van der Waals surface area contributed by atoms with Gasteiger partial charge < -0.3 is 4.90 Å². The van der Waals surface area contributed by atoms with Crippen LogP contribution in [0.2, 0.25) is 0 Å². The lowest BCUT2D eigenvalue weighted by molar-refractivity contribution is -0.384. The fraction of sp³-hybridized carbons (Fsp3) is 0.385. The molecule has 0 aliphatic carbocycles. The molecule has 1 aliphatic heterocycles. The summed E-state index contributed by atoms with van der Waals surface area (Å²) in [6.07, 6.45) is 0.231. The Labute approximate surface area is 120 Å². The van der Waals surface area contributed by atoms with Crippen LogP contribution in [-0.4, -0.2) is 27.7 Å². The average molecular weight is 294 g/mol. The molecular formula is C13H14N2O4S. The number of benzene rings is 1. The van der Waals surface area contributed by atoms with Gasteiger partial charge in [-0.3, -0.25) is 19.7 Å². The highest BCUT2D eigenvalue weighted by Gasteiger charge is 2.35. The van der Waals surface area contributed by atoms with E-state index in [2.05, 4.69) is 0 Å². The highest BCUT2D eigenvalue weighted by Crippen LogP contribution is 2.34. The van der Waals surface area contributed by atoms with Gasteiger partial charge in [0.15, 0.2) is 5.12 Å². The summed E-state index contributed by atoms with van der Waals surface area (Å²) in [5.41, 5.74) is 1.07. The molecule has 0 aromatic heterocycles. The third-order valence-electron chi connectivity index (χ3n) is 3.04. The highest BCUT2D eigenvalue weighted by molar-refractivity contribution is 8.14. The molecule has 1 aliphatic rings. The second-order valence-corrected chi connectivity index (χ2v) is 6.17. The van der Waals surface area contributed by atoms with Crippen molar-refractivity contribution in [2.75, 3.05) is 11.4 Å². The Morgan fingerprint density at radius 1 is 1.50 bits per heavy atom. The van der Waals surface area contributed by atoms with Crippen molar-refractivity contribution in [3.63, 3.8) is 0 Å². The van der Waals surface area contributed by atoms with Crippen molar-refractivity contribution in [1.29, 1.82) is 0 Å². The van der Waals surface area contributed by atoms with Crippen LogP contribution in [0.4, 0.5) is 11.4 Å². The molecule has 7 heteroatoms. The molecule has 1 fully saturated rings. The Morgan fingerprint density at radius 3 is 2.80 bits per heavy atom. The zero-order chi connectivity index (χ0) is 14.9. The molecular weight excluding hydrogens is 280 g/mol. The minimum Gasteiger partial charge on any atom is -0.305 e. The maximum Gasteiger partial charge on any atom is 0.292 e. The van der Waals surface area contributed by atoms with Crippen molar-refractivity contribution in [1.82, 2.24) is 0 Å². The lowest BCUT2D eigenvalue weighted by atomic mass is 10.2. The van der Waals surface area contributed by atoms with Crippen molar-refractivity contribution >= 4 is 34.2 Å². The van der Waals surface area contributed by atoms with Crippen LogP contribution in [0.15, 0.2) is 18.2 Å². The van der Waals surface area contributed by atoms with Gasteiger partial charge in [-0.15, -0.1) is 0 Å². The van der Waals surface area contributed by atoms with Crippen molar-refractivity contribution in [2.24, 2.45) is 0 Å². The first-order valence-electron chi connectivity index (χ1n) is 6.11. The maximum atomic E-state index is 12.0. The van der Waals surface area contributed by atoms with Crippen LogP contribution in [0.5, 0.6) is 0 Å². The van der Waals surface area contributed by atoms with Gasteiger partial charge >= 0.3 is 0 Å². The number of nitrogens with zero attached hydrogens (tertiary/aromatic N) is 2. The van der Waals surface area contributed by atoms with Crippen LogP contribution >= 0.6 is 11.8 Å². The highest BCUT2D eigenvalue weighted by atomic mass is 32.2. The summed E-state index contributed by atoms with van der Waals surface area (Å²) in [6, 6.07) is 4.68. The van der Waals surface area contributed by atoms with Gasteiger partial charge in [0, 0.05) is 31.2 Å². The molecule has 0 radical (unpaired) electrons. The zero-order valence-electron chi connectivity index (χ0n) is 11.2. The van der Waals surface area contributed by atoms with E-state index in [-0.39, 0.29) is 28.4 Å². The summed E-state index contributed by atoms with van der Waals surface area (Å²) in [5, 5.41) is 10.9. The number of hydrogen-bond acceptors (Lipinski definition) is 5. The molecule has 1 atom stereocenters. The van der Waals surface area contributed by atoms with Crippen LogP contribution in [-0.2, 0) is 9.59 Å². The molecule has 0 N–H and O–H groups in total. The van der Waals surface area contributed by atoms with E-state index in [0.717, 1.165) is 17.3 Å². The molecule has 6 nitrogen and oxygen atoms in total. The predicted molar refractivity (Wildman–Crippen MR) is 76.9 cm³/mol. The summed E-state index contributed by atoms with van der Waals surface area (Å²) in [6.45, 7) is 3.59. The van der Waals surface area contributed by atoms with Crippen LogP contribution in [0.1, 0.15) is 18.9 Å². The first kappa shape index (κ1) is 14.5. The van der Waals surface area contributed by atoms with Gasteiger partial charge in [-0.1, -0.05) is 17.8 Å². The lowest BCUT2D eigenvalue weighted by Crippen LogP contribution is -2.25. The monoisotopic (exact) mass is 294 g/mol. The van der Waals surface area contributed by atoms with Crippen LogP contribution in [0, 0.1) is 17.0 Å². The second-order valence-electron chi connectivity index (χ2n) is 4.69. The molecule has 0 spiro atoms. The molecule has 106 valence electrons. The number of thioether (sulfide) groups is 1. The standard InChI is InChI=1S/C13H14N2O4S/c1-8-3-4-11(15(18)19)12(5-8)14-7-10(6-13(14)17)20-9(2)16/h3-5,10H,6-7H2,1-2H3. The minimum absolute atomic E-state index is 0.0524. The molecule has 1 saturated heterocycles. The molecule has 1 aromatic rings. The van der Waals surface area contributed by atoms with Gasteiger partial charge in [-0.05, 0) is 18.6 Å². The van der Waals surface area contributed by atoms with E-state index < -0.39 is 4.92 Å². The number of nitro benzene ring substituents is 1. The topological polar surface area (TPSA) is 80.5 Å². The van der Waals surface area contributed by atoms with Crippen molar-refractivity contribution in [3.8, 4) is 0 Å². The first-order valence-corrected chi connectivity index (χ1v) is 6.99. The molecule has 0 bridgehead atoms. The third-order valence-corrected chi connectivity index (χ3v) is 4.02. The summed E-state index contributed by atoms with van der Waals surface area (Å²) in [5.74, 6) is -0.183. The second kappa shape index (κ2) is 5.62. The smallest absolute Gasteiger partial charge is 0.292 e. The van der Waals surface area contributed by atoms with E-state index in [9.17, 15) is 19.7 Å². The number of hydrogen-bond donors (Lipinski definition) is 0. The van der Waals surface area contributed by atoms with Gasteiger partial charge in [-0.2, -0.15) is 0 Å². The number of rotatable bonds is 3. The fourth-order valence-corrected chi connectivity index (χ4v) is 3.14. The van der Waals surface area contributed by atoms with E-state index in [4.69, 9.17) is 0 Å². The molecule has 1 aromatic carbocycles. The number of carbonyl (C=O) groups excluding carboxylic acids is 2. The molecule has 1 unspecified atom stereocenters. The minimum atomic E-state index is -0.493. The lowest BCUT2D eigenvalue weighted by Gasteiger charge is -2.17. The summed E-state index contributed by atoms with van der Waals surface area (Å²) < 4.78 is 0. The quantitative estimate of drug-likeness (QED) is 0.631. The average Bonchev–Trinajstić information content (AvgIpc) is 2.68. The number of amides is 1. The molecule has 1 heterocycles. The Morgan fingerprint density at radius 2 is 2.20 bits per heavy atom. The summed E-state index contributed by atoms with van der Waals surface area (Å²) >= 11 is 1.11. The van der Waals surface area contributed by atoms with Crippen LogP contribution in [0.25, 0.3) is 0 Å². The Bertz CT molecular complexity index is 588. The van der Waals surface area contributed by atoms with Gasteiger partial charge in [0.05, 0.1) is 4.92 Å². The van der Waals surface area contributed by atoms with E-state index in [1.165, 1.54) is 17.9 Å². The molecule has 2 rings (SSSR count).